The molecule has 0 spiro atoms. The normalized spacial score (nSPS) is 9.89. The largest absolute Gasteiger partial charge is 0.478 e. The highest BCUT2D eigenvalue weighted by Crippen LogP contribution is 2.22. The van der Waals surface area contributed by atoms with Crippen LogP contribution in [0.25, 0.3) is 0 Å². The van der Waals surface area contributed by atoms with Gasteiger partial charge >= 0.3 is 12.0 Å². The predicted octanol–water partition coefficient (Wildman–Crippen LogP) is 2.52. The van der Waals surface area contributed by atoms with Gasteiger partial charge in [-0.15, -0.1) is 0 Å². The minimum Gasteiger partial charge on any atom is -0.478 e. The summed E-state index contributed by atoms with van der Waals surface area (Å²) in [6.07, 6.45) is 1.95. The Bertz CT molecular complexity index is 454. The number of carboxylic acids is 1. The molecule has 0 aliphatic heterocycles. The number of hydrogen-bond acceptors (Lipinski definition) is 3. The zero-order valence-corrected chi connectivity index (χ0v) is 11.3. The van der Waals surface area contributed by atoms with E-state index in [2.05, 4.69) is 10.6 Å². The van der Waals surface area contributed by atoms with Crippen molar-refractivity contribution in [3.8, 4) is 0 Å². The molecule has 98 valence electrons. The molecule has 1 aromatic rings. The molecule has 7 heteroatoms. The van der Waals surface area contributed by atoms with Gasteiger partial charge in [0.1, 0.15) is 0 Å². The molecule has 2 amide bonds. The van der Waals surface area contributed by atoms with Gasteiger partial charge in [-0.2, -0.15) is 11.8 Å². The molecule has 0 aromatic heterocycles. The van der Waals surface area contributed by atoms with Crippen LogP contribution >= 0.6 is 23.4 Å². The molecule has 0 saturated heterocycles. The fourth-order valence-electron chi connectivity index (χ4n) is 1.18. The second-order valence-electron chi connectivity index (χ2n) is 3.37. The van der Waals surface area contributed by atoms with Crippen molar-refractivity contribution in [2.45, 2.75) is 0 Å². The van der Waals surface area contributed by atoms with Crippen LogP contribution in [0.2, 0.25) is 5.02 Å². The zero-order valence-electron chi connectivity index (χ0n) is 9.70. The van der Waals surface area contributed by atoms with E-state index in [0.717, 1.165) is 5.75 Å². The molecule has 0 aliphatic rings. The van der Waals surface area contributed by atoms with Crippen molar-refractivity contribution in [2.75, 3.05) is 23.9 Å². The molecule has 0 saturated carbocycles. The first kappa shape index (κ1) is 14.7. The number of hydrogen-bond donors (Lipinski definition) is 3. The standard InChI is InChI=1S/C11H13ClN2O3S/c1-18-5-4-13-11(17)14-9-3-2-7(10(15)16)6-8(9)12/h2-3,6H,4-5H2,1H3,(H,15,16)(H2,13,14,17). The summed E-state index contributed by atoms with van der Waals surface area (Å²) in [5.74, 6) is -0.244. The molecule has 0 unspecified atom stereocenters. The van der Waals surface area contributed by atoms with Crippen molar-refractivity contribution >= 4 is 41.1 Å². The average Bonchev–Trinajstić information content (AvgIpc) is 2.32. The van der Waals surface area contributed by atoms with E-state index in [4.69, 9.17) is 16.7 Å². The number of anilines is 1. The third-order valence-corrected chi connectivity index (χ3v) is 2.98. The molecule has 0 radical (unpaired) electrons. The van der Waals surface area contributed by atoms with Gasteiger partial charge in [0, 0.05) is 12.3 Å². The highest BCUT2D eigenvalue weighted by molar-refractivity contribution is 7.98. The van der Waals surface area contributed by atoms with E-state index in [-0.39, 0.29) is 16.6 Å². The number of nitrogens with one attached hydrogen (secondary N) is 2. The Kier molecular flexibility index (Phi) is 5.80. The average molecular weight is 289 g/mol. The Labute approximate surface area is 114 Å². The maximum atomic E-state index is 11.5. The summed E-state index contributed by atoms with van der Waals surface area (Å²) in [5, 5.41) is 14.2. The van der Waals surface area contributed by atoms with Gasteiger partial charge in [-0.1, -0.05) is 11.6 Å². The number of thioether (sulfide) groups is 1. The van der Waals surface area contributed by atoms with Crippen LogP contribution in [0.1, 0.15) is 10.4 Å². The van der Waals surface area contributed by atoms with Crippen LogP contribution in [0.4, 0.5) is 10.5 Å². The van der Waals surface area contributed by atoms with Gasteiger partial charge in [-0.3, -0.25) is 0 Å². The van der Waals surface area contributed by atoms with Crippen molar-refractivity contribution in [2.24, 2.45) is 0 Å². The number of rotatable bonds is 5. The third-order valence-electron chi connectivity index (χ3n) is 2.06. The number of carbonyl (C=O) groups is 2. The smallest absolute Gasteiger partial charge is 0.335 e. The lowest BCUT2D eigenvalue weighted by Crippen LogP contribution is -2.30. The minimum atomic E-state index is -1.06. The van der Waals surface area contributed by atoms with Gasteiger partial charge in [0.25, 0.3) is 0 Å². The van der Waals surface area contributed by atoms with Gasteiger partial charge in [-0.25, -0.2) is 9.59 Å². The molecule has 1 aromatic carbocycles. The SMILES string of the molecule is CSCCNC(=O)Nc1ccc(C(=O)O)cc1Cl. The number of amides is 2. The molecule has 5 nitrogen and oxygen atoms in total. The second kappa shape index (κ2) is 7.13. The van der Waals surface area contributed by atoms with Crippen LogP contribution in [-0.2, 0) is 0 Å². The zero-order chi connectivity index (χ0) is 13.5. The van der Waals surface area contributed by atoms with Crippen LogP contribution in [0.3, 0.4) is 0 Å². The summed E-state index contributed by atoms with van der Waals surface area (Å²) in [6, 6.07) is 3.77. The maximum Gasteiger partial charge on any atom is 0.335 e. The quantitative estimate of drug-likeness (QED) is 0.728. The summed E-state index contributed by atoms with van der Waals surface area (Å²) in [7, 11) is 0. The molecular formula is C11H13ClN2O3S. The summed E-state index contributed by atoms with van der Waals surface area (Å²) in [5.41, 5.74) is 0.455. The fourth-order valence-corrected chi connectivity index (χ4v) is 1.72. The van der Waals surface area contributed by atoms with E-state index < -0.39 is 5.97 Å². The van der Waals surface area contributed by atoms with Crippen molar-refractivity contribution in [3.05, 3.63) is 28.8 Å². The molecule has 0 fully saturated rings. The Hall–Kier alpha value is -1.40. The van der Waals surface area contributed by atoms with E-state index >= 15 is 0 Å². The molecule has 0 aliphatic carbocycles. The summed E-state index contributed by atoms with van der Waals surface area (Å²) in [6.45, 7) is 0.553. The fraction of sp³-hybridized carbons (Fsp3) is 0.273. The summed E-state index contributed by atoms with van der Waals surface area (Å²) in [4.78, 5) is 22.2. The van der Waals surface area contributed by atoms with Gasteiger partial charge in [-0.05, 0) is 24.5 Å². The van der Waals surface area contributed by atoms with Gasteiger partial charge in [0.05, 0.1) is 16.3 Å². The number of carboxylic acid groups (broad SMARTS) is 1. The molecular weight excluding hydrogens is 276 g/mol. The first-order chi connectivity index (χ1) is 8.54. The molecule has 1 rings (SSSR count). The van der Waals surface area contributed by atoms with E-state index in [0.29, 0.717) is 12.2 Å². The van der Waals surface area contributed by atoms with Crippen molar-refractivity contribution in [3.63, 3.8) is 0 Å². The molecule has 0 atom stereocenters. The second-order valence-corrected chi connectivity index (χ2v) is 4.77. The number of carbonyl (C=O) groups excluding carboxylic acids is 1. The topological polar surface area (TPSA) is 78.4 Å². The van der Waals surface area contributed by atoms with Crippen LogP contribution < -0.4 is 10.6 Å². The molecule has 0 bridgehead atoms. The maximum absolute atomic E-state index is 11.5. The van der Waals surface area contributed by atoms with Crippen LogP contribution in [-0.4, -0.2) is 35.7 Å². The van der Waals surface area contributed by atoms with Crippen molar-refractivity contribution in [1.82, 2.24) is 5.32 Å². The van der Waals surface area contributed by atoms with Gasteiger partial charge < -0.3 is 15.7 Å². The van der Waals surface area contributed by atoms with Gasteiger partial charge in [0.15, 0.2) is 0 Å². The van der Waals surface area contributed by atoms with Crippen LogP contribution in [0.5, 0.6) is 0 Å². The molecule has 0 heterocycles. The monoisotopic (exact) mass is 288 g/mol. The Morgan fingerprint density at radius 3 is 2.72 bits per heavy atom. The Morgan fingerprint density at radius 2 is 2.17 bits per heavy atom. The number of urea groups is 1. The lowest BCUT2D eigenvalue weighted by Gasteiger charge is -2.09. The predicted molar refractivity (Wildman–Crippen MR) is 73.8 cm³/mol. The lowest BCUT2D eigenvalue weighted by atomic mass is 10.2. The van der Waals surface area contributed by atoms with Crippen molar-refractivity contribution in [1.29, 1.82) is 0 Å². The van der Waals surface area contributed by atoms with E-state index in [9.17, 15) is 9.59 Å². The molecule has 3 N–H and O–H groups in total. The van der Waals surface area contributed by atoms with E-state index in [1.54, 1.807) is 11.8 Å². The Balaban J connectivity index is 2.62. The minimum absolute atomic E-state index is 0.0772. The van der Waals surface area contributed by atoms with Gasteiger partial charge in [0.2, 0.25) is 0 Å². The highest BCUT2D eigenvalue weighted by Gasteiger charge is 2.09. The highest BCUT2D eigenvalue weighted by atomic mass is 35.5. The number of aromatic carboxylic acids is 1. The number of halogens is 1. The first-order valence-corrected chi connectivity index (χ1v) is 6.88. The van der Waals surface area contributed by atoms with Crippen molar-refractivity contribution < 1.29 is 14.7 Å². The first-order valence-electron chi connectivity index (χ1n) is 5.11. The summed E-state index contributed by atoms with van der Waals surface area (Å²) < 4.78 is 0. The van der Waals surface area contributed by atoms with Crippen LogP contribution in [0, 0.1) is 0 Å². The molecule has 18 heavy (non-hydrogen) atoms. The van der Waals surface area contributed by atoms with E-state index in [1.807, 2.05) is 6.26 Å². The number of benzene rings is 1. The Morgan fingerprint density at radius 1 is 1.44 bits per heavy atom. The van der Waals surface area contributed by atoms with E-state index in [1.165, 1.54) is 18.2 Å². The summed E-state index contributed by atoms with van der Waals surface area (Å²) >= 11 is 7.49. The lowest BCUT2D eigenvalue weighted by molar-refractivity contribution is 0.0697. The third kappa shape index (κ3) is 4.46. The van der Waals surface area contributed by atoms with Crippen LogP contribution in [0.15, 0.2) is 18.2 Å².